The van der Waals surface area contributed by atoms with Crippen LogP contribution in [0.4, 0.5) is 5.69 Å². The van der Waals surface area contributed by atoms with Crippen LogP contribution in [0, 0.1) is 0 Å². The van der Waals surface area contributed by atoms with Crippen LogP contribution < -0.4 is 5.32 Å². The smallest absolute Gasteiger partial charge is 0.335 e. The Morgan fingerprint density at radius 1 is 1.04 bits per heavy atom. The molecule has 1 saturated heterocycles. The van der Waals surface area contributed by atoms with E-state index in [9.17, 15) is 9.59 Å². The summed E-state index contributed by atoms with van der Waals surface area (Å²) in [5.74, 6) is -0.920. The minimum Gasteiger partial charge on any atom is -0.478 e. The molecule has 1 amide bonds. The second kappa shape index (κ2) is 7.81. The van der Waals surface area contributed by atoms with Gasteiger partial charge in [0.05, 0.1) is 18.8 Å². The molecule has 1 aliphatic heterocycles. The van der Waals surface area contributed by atoms with Crippen molar-refractivity contribution in [3.63, 3.8) is 0 Å². The lowest BCUT2D eigenvalue weighted by Crippen LogP contribution is -2.40. The zero-order chi connectivity index (χ0) is 17.6. The van der Waals surface area contributed by atoms with Crippen LogP contribution >= 0.6 is 0 Å². The minimum absolute atomic E-state index is 0.0176. The topological polar surface area (TPSA) is 78.9 Å². The van der Waals surface area contributed by atoms with E-state index in [1.807, 2.05) is 18.2 Å². The molecule has 0 radical (unpaired) electrons. The van der Waals surface area contributed by atoms with Gasteiger partial charge in [-0.15, -0.1) is 0 Å². The number of carbonyl (C=O) groups excluding carboxylic acids is 1. The van der Waals surface area contributed by atoms with Gasteiger partial charge in [-0.3, -0.25) is 4.79 Å². The van der Waals surface area contributed by atoms with Crippen molar-refractivity contribution in [3.8, 4) is 0 Å². The van der Waals surface area contributed by atoms with Crippen LogP contribution in [0.3, 0.4) is 0 Å². The molecule has 2 N–H and O–H groups in total. The highest BCUT2D eigenvalue weighted by molar-refractivity contribution is 5.94. The first-order valence-corrected chi connectivity index (χ1v) is 8.17. The third-order valence-corrected chi connectivity index (χ3v) is 4.10. The third kappa shape index (κ3) is 4.36. The third-order valence-electron chi connectivity index (χ3n) is 4.10. The number of nitrogens with zero attached hydrogens (tertiary/aromatic N) is 1. The van der Waals surface area contributed by atoms with E-state index < -0.39 is 5.97 Å². The van der Waals surface area contributed by atoms with E-state index in [1.54, 1.807) is 35.2 Å². The summed E-state index contributed by atoms with van der Waals surface area (Å²) in [5.41, 5.74) is 2.68. The molecule has 6 heteroatoms. The Kier molecular flexibility index (Phi) is 5.30. The molecule has 130 valence electrons. The summed E-state index contributed by atoms with van der Waals surface area (Å²) in [5, 5.41) is 12.3. The Hall–Kier alpha value is -2.86. The van der Waals surface area contributed by atoms with Gasteiger partial charge < -0.3 is 20.1 Å². The molecule has 0 spiro atoms. The number of ether oxygens (including phenoxy) is 1. The standard InChI is InChI=1S/C19H20N2O4/c22-18(21-8-10-25-11-9-21)15-4-6-17(7-5-15)20-13-14-2-1-3-16(12-14)19(23)24/h1-7,12,20H,8-11,13H2,(H,23,24). The number of amides is 1. The number of hydrogen-bond acceptors (Lipinski definition) is 4. The molecular weight excluding hydrogens is 320 g/mol. The number of carboxylic acid groups (broad SMARTS) is 1. The van der Waals surface area contributed by atoms with Gasteiger partial charge in [-0.25, -0.2) is 4.79 Å². The molecular formula is C19H20N2O4. The molecule has 1 aliphatic rings. The van der Waals surface area contributed by atoms with Crippen molar-refractivity contribution in [1.82, 2.24) is 4.90 Å². The average molecular weight is 340 g/mol. The number of carbonyl (C=O) groups is 2. The second-order valence-electron chi connectivity index (χ2n) is 5.84. The SMILES string of the molecule is O=C(O)c1cccc(CNc2ccc(C(=O)N3CCOCC3)cc2)c1. The Morgan fingerprint density at radius 3 is 2.44 bits per heavy atom. The van der Waals surface area contributed by atoms with Crippen LogP contribution in [0.15, 0.2) is 48.5 Å². The zero-order valence-corrected chi connectivity index (χ0v) is 13.8. The highest BCUT2D eigenvalue weighted by Gasteiger charge is 2.18. The normalized spacial score (nSPS) is 14.2. The predicted octanol–water partition coefficient (Wildman–Crippen LogP) is 2.47. The Bertz CT molecular complexity index is 752. The van der Waals surface area contributed by atoms with E-state index >= 15 is 0 Å². The molecule has 1 heterocycles. The highest BCUT2D eigenvalue weighted by atomic mass is 16.5. The molecule has 0 atom stereocenters. The van der Waals surface area contributed by atoms with Crippen molar-refractivity contribution in [2.45, 2.75) is 6.54 Å². The molecule has 25 heavy (non-hydrogen) atoms. The summed E-state index contributed by atoms with van der Waals surface area (Å²) in [6.45, 7) is 2.93. The Labute approximate surface area is 146 Å². The number of morpholine rings is 1. The minimum atomic E-state index is -0.937. The second-order valence-corrected chi connectivity index (χ2v) is 5.84. The molecule has 0 aliphatic carbocycles. The van der Waals surface area contributed by atoms with Crippen molar-refractivity contribution >= 4 is 17.6 Å². The maximum atomic E-state index is 12.4. The number of carboxylic acids is 1. The molecule has 2 aromatic carbocycles. The number of aromatic carboxylic acids is 1. The number of anilines is 1. The molecule has 0 bridgehead atoms. The van der Waals surface area contributed by atoms with Crippen LogP contribution in [0.25, 0.3) is 0 Å². The van der Waals surface area contributed by atoms with E-state index in [2.05, 4.69) is 5.32 Å². The summed E-state index contributed by atoms with van der Waals surface area (Å²) in [7, 11) is 0. The van der Waals surface area contributed by atoms with Gasteiger partial charge in [0, 0.05) is 30.9 Å². The van der Waals surface area contributed by atoms with Crippen LogP contribution in [0.1, 0.15) is 26.3 Å². The zero-order valence-electron chi connectivity index (χ0n) is 13.8. The van der Waals surface area contributed by atoms with Gasteiger partial charge in [-0.1, -0.05) is 12.1 Å². The van der Waals surface area contributed by atoms with Crippen molar-refractivity contribution in [2.75, 3.05) is 31.6 Å². The lowest BCUT2D eigenvalue weighted by atomic mass is 10.1. The van der Waals surface area contributed by atoms with E-state index in [1.165, 1.54) is 0 Å². The fourth-order valence-electron chi connectivity index (χ4n) is 2.70. The molecule has 6 nitrogen and oxygen atoms in total. The van der Waals surface area contributed by atoms with E-state index in [-0.39, 0.29) is 11.5 Å². The maximum Gasteiger partial charge on any atom is 0.335 e. The van der Waals surface area contributed by atoms with Gasteiger partial charge in [-0.05, 0) is 42.0 Å². The van der Waals surface area contributed by atoms with E-state index in [0.29, 0.717) is 38.4 Å². The van der Waals surface area contributed by atoms with E-state index in [0.717, 1.165) is 11.3 Å². The van der Waals surface area contributed by atoms with Crippen molar-refractivity contribution in [1.29, 1.82) is 0 Å². The van der Waals surface area contributed by atoms with Crippen LogP contribution in [0.5, 0.6) is 0 Å². The molecule has 3 rings (SSSR count). The summed E-state index contributed by atoms with van der Waals surface area (Å²) >= 11 is 0. The largest absolute Gasteiger partial charge is 0.478 e. The quantitative estimate of drug-likeness (QED) is 0.874. The Balaban J connectivity index is 1.60. The average Bonchev–Trinajstić information content (AvgIpc) is 2.67. The summed E-state index contributed by atoms with van der Waals surface area (Å²) in [6.07, 6.45) is 0. The van der Waals surface area contributed by atoms with Gasteiger partial charge in [-0.2, -0.15) is 0 Å². The fraction of sp³-hybridized carbons (Fsp3) is 0.263. The first-order chi connectivity index (χ1) is 12.1. The lowest BCUT2D eigenvalue weighted by molar-refractivity contribution is 0.0303. The molecule has 0 unspecified atom stereocenters. The fourth-order valence-corrected chi connectivity index (χ4v) is 2.70. The molecule has 0 saturated carbocycles. The molecule has 1 fully saturated rings. The maximum absolute atomic E-state index is 12.4. The highest BCUT2D eigenvalue weighted by Crippen LogP contribution is 2.14. The lowest BCUT2D eigenvalue weighted by Gasteiger charge is -2.26. The summed E-state index contributed by atoms with van der Waals surface area (Å²) < 4.78 is 5.26. The van der Waals surface area contributed by atoms with Crippen molar-refractivity contribution < 1.29 is 19.4 Å². The van der Waals surface area contributed by atoms with Gasteiger partial charge in [0.2, 0.25) is 0 Å². The number of nitrogens with one attached hydrogen (secondary N) is 1. The van der Waals surface area contributed by atoms with Crippen molar-refractivity contribution in [2.24, 2.45) is 0 Å². The molecule has 2 aromatic rings. The van der Waals surface area contributed by atoms with Crippen LogP contribution in [-0.4, -0.2) is 48.2 Å². The van der Waals surface area contributed by atoms with Gasteiger partial charge in [0.15, 0.2) is 0 Å². The monoisotopic (exact) mass is 340 g/mol. The summed E-state index contributed by atoms with van der Waals surface area (Å²) in [4.78, 5) is 25.2. The first kappa shape index (κ1) is 17.0. The van der Waals surface area contributed by atoms with E-state index in [4.69, 9.17) is 9.84 Å². The van der Waals surface area contributed by atoms with Crippen LogP contribution in [-0.2, 0) is 11.3 Å². The summed E-state index contributed by atoms with van der Waals surface area (Å²) in [6, 6.07) is 14.1. The van der Waals surface area contributed by atoms with Gasteiger partial charge in [0.1, 0.15) is 0 Å². The Morgan fingerprint density at radius 2 is 1.76 bits per heavy atom. The first-order valence-electron chi connectivity index (χ1n) is 8.17. The van der Waals surface area contributed by atoms with Gasteiger partial charge in [0.25, 0.3) is 5.91 Å². The van der Waals surface area contributed by atoms with Crippen LogP contribution in [0.2, 0.25) is 0 Å². The van der Waals surface area contributed by atoms with Crippen molar-refractivity contribution in [3.05, 3.63) is 65.2 Å². The molecule has 0 aromatic heterocycles. The number of rotatable bonds is 5. The predicted molar refractivity (Wildman–Crippen MR) is 93.9 cm³/mol. The number of hydrogen-bond donors (Lipinski definition) is 2. The van der Waals surface area contributed by atoms with Gasteiger partial charge >= 0.3 is 5.97 Å². The number of benzene rings is 2.